The summed E-state index contributed by atoms with van der Waals surface area (Å²) in [6.45, 7) is 8.13. The van der Waals surface area contributed by atoms with Gasteiger partial charge in [-0.3, -0.25) is 0 Å². The number of nitrogens with one attached hydrogen (secondary N) is 3. The second kappa shape index (κ2) is 12.6. The van der Waals surface area contributed by atoms with Crippen LogP contribution in [0.1, 0.15) is 56.7 Å². The molecule has 180 valence electrons. The van der Waals surface area contributed by atoms with Crippen LogP contribution in [0.4, 0.5) is 26.3 Å². The Morgan fingerprint density at radius 1 is 0.871 bits per heavy atom. The molecule has 1 aromatic rings. The molecule has 3 nitrogen and oxygen atoms in total. The zero-order chi connectivity index (χ0) is 23.7. The average Bonchev–Trinajstić information content (AvgIpc) is 2.68. The molecule has 3 atom stereocenters. The highest BCUT2D eigenvalue weighted by Gasteiger charge is 2.36. The molecule has 31 heavy (non-hydrogen) atoms. The maximum Gasteiger partial charge on any atom is 0.416 e. The molecule has 0 heterocycles. The first-order chi connectivity index (χ1) is 14.4. The Morgan fingerprint density at radius 2 is 1.45 bits per heavy atom. The average molecular weight is 456 g/mol. The highest BCUT2D eigenvalue weighted by Crippen LogP contribution is 2.36. The van der Waals surface area contributed by atoms with Gasteiger partial charge in [0, 0.05) is 25.2 Å². The van der Waals surface area contributed by atoms with E-state index < -0.39 is 23.5 Å². The predicted octanol–water partition coefficient (Wildman–Crippen LogP) is 5.25. The van der Waals surface area contributed by atoms with Gasteiger partial charge in [0.1, 0.15) is 0 Å². The molecule has 0 radical (unpaired) electrons. The molecule has 0 aromatic heterocycles. The molecule has 0 aliphatic rings. The monoisotopic (exact) mass is 455 g/mol. The maximum absolute atomic E-state index is 13.0. The number of benzene rings is 1. The minimum absolute atomic E-state index is 0.0190. The van der Waals surface area contributed by atoms with E-state index in [0.717, 1.165) is 37.9 Å². The number of rotatable bonds is 13. The third-order valence-electron chi connectivity index (χ3n) is 5.51. The zero-order valence-corrected chi connectivity index (χ0v) is 18.7. The molecular weight excluding hydrogens is 420 g/mol. The van der Waals surface area contributed by atoms with Gasteiger partial charge < -0.3 is 16.0 Å². The Morgan fingerprint density at radius 3 is 1.90 bits per heavy atom. The Kier molecular flexibility index (Phi) is 11.3. The Hall–Kier alpha value is -1.32. The lowest BCUT2D eigenvalue weighted by atomic mass is 9.98. The molecule has 1 rings (SSSR count). The second-order valence-electron chi connectivity index (χ2n) is 8.06. The SMILES string of the molecule is CCC[C@H](CN[C@@H](CNC)[C@H](C)CC)NCCc1cc(C(F)(F)F)cc(C(F)(F)F)c1. The van der Waals surface area contributed by atoms with Crippen LogP contribution in [0.3, 0.4) is 0 Å². The van der Waals surface area contributed by atoms with Gasteiger partial charge in [-0.05, 0) is 56.1 Å². The third-order valence-corrected chi connectivity index (χ3v) is 5.51. The summed E-state index contributed by atoms with van der Waals surface area (Å²) in [5.41, 5.74) is -2.52. The van der Waals surface area contributed by atoms with E-state index in [-0.39, 0.29) is 30.1 Å². The lowest BCUT2D eigenvalue weighted by molar-refractivity contribution is -0.143. The Bertz CT molecular complexity index is 613. The van der Waals surface area contributed by atoms with Gasteiger partial charge >= 0.3 is 12.4 Å². The van der Waals surface area contributed by atoms with E-state index in [1.54, 1.807) is 0 Å². The summed E-state index contributed by atoms with van der Waals surface area (Å²) in [7, 11) is 1.89. The summed E-state index contributed by atoms with van der Waals surface area (Å²) in [6.07, 6.45) is -6.76. The first kappa shape index (κ1) is 27.7. The van der Waals surface area contributed by atoms with E-state index in [9.17, 15) is 26.3 Å². The van der Waals surface area contributed by atoms with Crippen molar-refractivity contribution in [3.63, 3.8) is 0 Å². The first-order valence-corrected chi connectivity index (χ1v) is 10.8. The summed E-state index contributed by atoms with van der Waals surface area (Å²) in [5.74, 6) is 0.473. The molecule has 9 heteroatoms. The van der Waals surface area contributed by atoms with Crippen molar-refractivity contribution < 1.29 is 26.3 Å². The molecule has 0 spiro atoms. The van der Waals surface area contributed by atoms with Gasteiger partial charge in [0.2, 0.25) is 0 Å². The fraction of sp³-hybridized carbons (Fsp3) is 0.727. The minimum Gasteiger partial charge on any atom is -0.318 e. The lowest BCUT2D eigenvalue weighted by Crippen LogP contribution is -2.48. The van der Waals surface area contributed by atoms with Gasteiger partial charge in [0.05, 0.1) is 11.1 Å². The molecule has 0 amide bonds. The van der Waals surface area contributed by atoms with Crippen molar-refractivity contribution in [3.05, 3.63) is 34.9 Å². The molecule has 0 unspecified atom stereocenters. The summed E-state index contributed by atoms with van der Waals surface area (Å²) in [4.78, 5) is 0. The van der Waals surface area contributed by atoms with E-state index in [4.69, 9.17) is 0 Å². The van der Waals surface area contributed by atoms with Crippen LogP contribution in [0, 0.1) is 5.92 Å². The Balaban J connectivity index is 2.79. The van der Waals surface area contributed by atoms with E-state index in [2.05, 4.69) is 29.8 Å². The van der Waals surface area contributed by atoms with E-state index in [1.807, 2.05) is 14.0 Å². The zero-order valence-electron chi connectivity index (χ0n) is 18.7. The van der Waals surface area contributed by atoms with E-state index in [1.165, 1.54) is 0 Å². The Labute approximate surface area is 181 Å². The molecule has 0 fully saturated rings. The van der Waals surface area contributed by atoms with Crippen molar-refractivity contribution >= 4 is 0 Å². The topological polar surface area (TPSA) is 36.1 Å². The second-order valence-corrected chi connectivity index (χ2v) is 8.06. The summed E-state index contributed by atoms with van der Waals surface area (Å²) < 4.78 is 78.1. The normalized spacial score (nSPS) is 15.7. The highest BCUT2D eigenvalue weighted by atomic mass is 19.4. The smallest absolute Gasteiger partial charge is 0.318 e. The van der Waals surface area contributed by atoms with Gasteiger partial charge in [0.25, 0.3) is 0 Å². The summed E-state index contributed by atoms with van der Waals surface area (Å²) in [5, 5.41) is 10.0. The van der Waals surface area contributed by atoms with E-state index in [0.29, 0.717) is 19.0 Å². The fourth-order valence-corrected chi connectivity index (χ4v) is 3.48. The molecule has 1 aromatic carbocycles. The van der Waals surface area contributed by atoms with Crippen molar-refractivity contribution in [3.8, 4) is 0 Å². The van der Waals surface area contributed by atoms with Crippen molar-refractivity contribution in [2.75, 3.05) is 26.7 Å². The minimum atomic E-state index is -4.82. The quantitative estimate of drug-likeness (QED) is 0.356. The molecule has 0 saturated carbocycles. The van der Waals surface area contributed by atoms with Crippen LogP contribution in [0.15, 0.2) is 18.2 Å². The number of likely N-dealkylation sites (N-methyl/N-ethyl adjacent to an activating group) is 1. The van der Waals surface area contributed by atoms with Gasteiger partial charge in [0.15, 0.2) is 0 Å². The molecule has 0 saturated heterocycles. The fourth-order valence-electron chi connectivity index (χ4n) is 3.48. The van der Waals surface area contributed by atoms with Gasteiger partial charge in [-0.15, -0.1) is 0 Å². The predicted molar refractivity (Wildman–Crippen MR) is 112 cm³/mol. The van der Waals surface area contributed by atoms with Crippen molar-refractivity contribution in [2.24, 2.45) is 5.92 Å². The summed E-state index contributed by atoms with van der Waals surface area (Å²) in [6, 6.07) is 2.14. The van der Waals surface area contributed by atoms with Crippen LogP contribution in [-0.4, -0.2) is 38.8 Å². The van der Waals surface area contributed by atoms with Gasteiger partial charge in [-0.1, -0.05) is 33.6 Å². The van der Waals surface area contributed by atoms with Crippen LogP contribution < -0.4 is 16.0 Å². The molecule has 0 aliphatic carbocycles. The number of hydrogen-bond donors (Lipinski definition) is 3. The molecule has 0 aliphatic heterocycles. The van der Waals surface area contributed by atoms with Crippen LogP contribution in [-0.2, 0) is 18.8 Å². The standard InChI is InChI=1S/C22H35F6N3/c1-5-7-19(13-31-20(14-29-4)15(3)6-2)30-9-8-16-10-17(21(23,24)25)12-18(11-16)22(26,27)28/h10-12,15,19-20,29-31H,5-9,13-14H2,1-4H3/t15-,19-,20+/m1/s1. The third kappa shape index (κ3) is 9.78. The highest BCUT2D eigenvalue weighted by molar-refractivity contribution is 5.33. The molecule has 3 N–H and O–H groups in total. The van der Waals surface area contributed by atoms with Crippen molar-refractivity contribution in [2.45, 2.75) is 70.9 Å². The van der Waals surface area contributed by atoms with Gasteiger partial charge in [-0.25, -0.2) is 0 Å². The number of hydrogen-bond acceptors (Lipinski definition) is 3. The largest absolute Gasteiger partial charge is 0.416 e. The lowest BCUT2D eigenvalue weighted by Gasteiger charge is -2.27. The van der Waals surface area contributed by atoms with Crippen molar-refractivity contribution in [1.82, 2.24) is 16.0 Å². The molecular formula is C22H35F6N3. The maximum atomic E-state index is 13.0. The van der Waals surface area contributed by atoms with Crippen LogP contribution in [0.2, 0.25) is 0 Å². The number of halogens is 6. The summed E-state index contributed by atoms with van der Waals surface area (Å²) >= 11 is 0. The van der Waals surface area contributed by atoms with Crippen LogP contribution in [0.25, 0.3) is 0 Å². The number of alkyl halides is 6. The van der Waals surface area contributed by atoms with E-state index >= 15 is 0 Å². The van der Waals surface area contributed by atoms with Gasteiger partial charge in [-0.2, -0.15) is 26.3 Å². The first-order valence-electron chi connectivity index (χ1n) is 10.8. The van der Waals surface area contributed by atoms with Crippen LogP contribution >= 0.6 is 0 Å². The van der Waals surface area contributed by atoms with Crippen molar-refractivity contribution in [1.29, 1.82) is 0 Å². The molecule has 0 bridgehead atoms. The van der Waals surface area contributed by atoms with Crippen LogP contribution in [0.5, 0.6) is 0 Å².